The monoisotopic (exact) mass is 498 g/mol. The van der Waals surface area contributed by atoms with Gasteiger partial charge < -0.3 is 24.3 Å². The van der Waals surface area contributed by atoms with Gasteiger partial charge in [-0.05, 0) is 68.0 Å². The second-order valence-corrected chi connectivity index (χ2v) is 8.95. The topological polar surface area (TPSA) is 68.6 Å². The minimum atomic E-state index is -0.281. The number of halogens is 1. The van der Waals surface area contributed by atoms with Crippen LogP contribution in [-0.2, 0) is 9.53 Å². The van der Waals surface area contributed by atoms with Crippen LogP contribution in [0.15, 0.2) is 48.7 Å². The largest absolute Gasteiger partial charge is 0.495 e. The van der Waals surface area contributed by atoms with Gasteiger partial charge in [0.2, 0.25) is 0 Å². The average molecular weight is 499 g/mol. The van der Waals surface area contributed by atoms with Crippen LogP contribution in [-0.4, -0.2) is 46.3 Å². The SMILES string of the molecule is COC(=O)CCN1C(=S)N[C@H](c2ccccn2)[C@@H]1c1cc(C)n(-c2cc(Cl)ccc2OC)c1C. The van der Waals surface area contributed by atoms with E-state index in [1.165, 1.54) is 7.11 Å². The van der Waals surface area contributed by atoms with Crippen LogP contribution in [0.25, 0.3) is 5.69 Å². The van der Waals surface area contributed by atoms with Crippen LogP contribution in [0.5, 0.6) is 5.75 Å². The zero-order chi connectivity index (χ0) is 24.4. The maximum Gasteiger partial charge on any atom is 0.307 e. The van der Waals surface area contributed by atoms with E-state index in [9.17, 15) is 4.79 Å². The Morgan fingerprint density at radius 1 is 1.21 bits per heavy atom. The van der Waals surface area contributed by atoms with E-state index in [0.29, 0.717) is 16.7 Å². The molecule has 0 saturated carbocycles. The standard InChI is InChI=1S/C25H27ClN4O3S/c1-15-13-18(16(2)30(15)20-14-17(26)8-9-21(20)32-3)24-23(19-7-5-6-11-27-19)28-25(34)29(24)12-10-22(31)33-4/h5-9,11,13-14,23-24H,10,12H2,1-4H3,(H,28,34)/t23-,24+/m1/s1. The number of hydrogen-bond acceptors (Lipinski definition) is 5. The highest BCUT2D eigenvalue weighted by atomic mass is 35.5. The summed E-state index contributed by atoms with van der Waals surface area (Å²) < 4.78 is 12.6. The number of aryl methyl sites for hydroxylation is 1. The zero-order valence-electron chi connectivity index (χ0n) is 19.5. The van der Waals surface area contributed by atoms with Crippen molar-refractivity contribution in [1.29, 1.82) is 0 Å². The van der Waals surface area contributed by atoms with E-state index in [1.54, 1.807) is 13.3 Å². The van der Waals surface area contributed by atoms with E-state index >= 15 is 0 Å². The van der Waals surface area contributed by atoms with E-state index in [4.69, 9.17) is 33.3 Å². The van der Waals surface area contributed by atoms with Gasteiger partial charge in [-0.15, -0.1) is 0 Å². The predicted octanol–water partition coefficient (Wildman–Crippen LogP) is 4.69. The molecule has 178 valence electrons. The fourth-order valence-electron chi connectivity index (χ4n) is 4.59. The van der Waals surface area contributed by atoms with Crippen molar-refractivity contribution < 1.29 is 14.3 Å². The molecule has 0 unspecified atom stereocenters. The Bertz CT molecular complexity index is 1210. The fourth-order valence-corrected chi connectivity index (χ4v) is 5.09. The highest BCUT2D eigenvalue weighted by molar-refractivity contribution is 7.80. The maximum absolute atomic E-state index is 11.9. The summed E-state index contributed by atoms with van der Waals surface area (Å²) in [4.78, 5) is 18.6. The molecule has 1 aliphatic rings. The average Bonchev–Trinajstić information content (AvgIpc) is 3.32. The Morgan fingerprint density at radius 3 is 2.68 bits per heavy atom. The molecule has 1 aliphatic heterocycles. The van der Waals surface area contributed by atoms with Crippen LogP contribution in [0.1, 0.15) is 41.1 Å². The van der Waals surface area contributed by atoms with Gasteiger partial charge in [-0.25, -0.2) is 0 Å². The Labute approximate surface area is 209 Å². The molecule has 7 nitrogen and oxygen atoms in total. The molecule has 1 fully saturated rings. The number of aromatic nitrogens is 2. The molecule has 1 aromatic carbocycles. The summed E-state index contributed by atoms with van der Waals surface area (Å²) in [6.45, 7) is 4.54. The van der Waals surface area contributed by atoms with Gasteiger partial charge in [0.25, 0.3) is 0 Å². The molecular formula is C25H27ClN4O3S. The first-order chi connectivity index (χ1) is 16.3. The number of hydrogen-bond donors (Lipinski definition) is 1. The lowest BCUT2D eigenvalue weighted by Crippen LogP contribution is -2.32. The van der Waals surface area contributed by atoms with Crippen molar-refractivity contribution in [2.75, 3.05) is 20.8 Å². The number of nitrogens with one attached hydrogen (secondary N) is 1. The molecule has 1 saturated heterocycles. The highest BCUT2D eigenvalue weighted by Crippen LogP contribution is 2.42. The van der Waals surface area contributed by atoms with Gasteiger partial charge in [0.1, 0.15) is 5.75 Å². The fraction of sp³-hybridized carbons (Fsp3) is 0.320. The summed E-state index contributed by atoms with van der Waals surface area (Å²) in [7, 11) is 3.04. The number of nitrogens with zero attached hydrogens (tertiary/aromatic N) is 3. The van der Waals surface area contributed by atoms with Crippen LogP contribution >= 0.6 is 23.8 Å². The summed E-state index contributed by atoms with van der Waals surface area (Å²) in [5, 5.41) is 4.63. The molecule has 3 heterocycles. The third kappa shape index (κ3) is 4.48. The number of methoxy groups -OCH3 is 2. The first-order valence-corrected chi connectivity index (χ1v) is 11.7. The molecular weight excluding hydrogens is 472 g/mol. The molecule has 0 spiro atoms. The number of pyridine rings is 1. The van der Waals surface area contributed by atoms with Crippen molar-refractivity contribution in [2.45, 2.75) is 32.4 Å². The van der Waals surface area contributed by atoms with Crippen LogP contribution in [0.3, 0.4) is 0 Å². The quantitative estimate of drug-likeness (QED) is 0.374. The molecule has 0 bridgehead atoms. The summed E-state index contributed by atoms with van der Waals surface area (Å²) in [6, 6.07) is 13.2. The lowest BCUT2D eigenvalue weighted by molar-refractivity contribution is -0.140. The Hall–Kier alpha value is -3.10. The van der Waals surface area contributed by atoms with Crippen molar-refractivity contribution in [1.82, 2.24) is 19.8 Å². The highest BCUT2D eigenvalue weighted by Gasteiger charge is 2.41. The van der Waals surface area contributed by atoms with E-state index in [-0.39, 0.29) is 24.5 Å². The van der Waals surface area contributed by atoms with Gasteiger partial charge in [-0.3, -0.25) is 9.78 Å². The maximum atomic E-state index is 11.9. The van der Waals surface area contributed by atoms with Gasteiger partial charge in [0.05, 0.1) is 44.1 Å². The van der Waals surface area contributed by atoms with Gasteiger partial charge in [-0.2, -0.15) is 0 Å². The molecule has 1 N–H and O–H groups in total. The van der Waals surface area contributed by atoms with E-state index in [0.717, 1.165) is 34.1 Å². The van der Waals surface area contributed by atoms with E-state index in [2.05, 4.69) is 27.9 Å². The molecule has 3 aromatic rings. The molecule has 34 heavy (non-hydrogen) atoms. The van der Waals surface area contributed by atoms with Crippen molar-refractivity contribution in [2.24, 2.45) is 0 Å². The van der Waals surface area contributed by atoms with Crippen LogP contribution < -0.4 is 10.1 Å². The summed E-state index contributed by atoms with van der Waals surface area (Å²) in [5.74, 6) is 0.443. The Morgan fingerprint density at radius 2 is 2.00 bits per heavy atom. The van der Waals surface area contributed by atoms with Crippen molar-refractivity contribution in [3.8, 4) is 11.4 Å². The van der Waals surface area contributed by atoms with E-state index in [1.807, 2.05) is 48.2 Å². The number of carbonyl (C=O) groups is 1. The third-order valence-electron chi connectivity index (χ3n) is 6.15. The summed E-state index contributed by atoms with van der Waals surface area (Å²) in [5.41, 5.74) is 4.87. The number of carbonyl (C=O) groups excluding carboxylic acids is 1. The lowest BCUT2D eigenvalue weighted by Gasteiger charge is -2.28. The first kappa shape index (κ1) is 24.0. The van der Waals surface area contributed by atoms with Gasteiger partial charge in [0, 0.05) is 29.2 Å². The van der Waals surface area contributed by atoms with Crippen LogP contribution in [0.2, 0.25) is 5.02 Å². The minimum absolute atomic E-state index is 0.169. The predicted molar refractivity (Wildman–Crippen MR) is 136 cm³/mol. The molecule has 2 aromatic heterocycles. The molecule has 2 atom stereocenters. The van der Waals surface area contributed by atoms with Crippen LogP contribution in [0.4, 0.5) is 0 Å². The van der Waals surface area contributed by atoms with Gasteiger partial charge >= 0.3 is 5.97 Å². The van der Waals surface area contributed by atoms with Gasteiger partial charge in [-0.1, -0.05) is 17.7 Å². The number of ether oxygens (including phenoxy) is 2. The molecule has 0 aliphatic carbocycles. The smallest absolute Gasteiger partial charge is 0.307 e. The summed E-state index contributed by atoms with van der Waals surface area (Å²) >= 11 is 12.0. The molecule has 0 amide bonds. The van der Waals surface area contributed by atoms with Crippen molar-refractivity contribution in [3.05, 3.63) is 76.3 Å². The van der Waals surface area contributed by atoms with Crippen molar-refractivity contribution >= 4 is 34.9 Å². The first-order valence-electron chi connectivity index (χ1n) is 10.9. The number of thiocarbonyl (C=S) groups is 1. The number of benzene rings is 1. The third-order valence-corrected chi connectivity index (χ3v) is 6.74. The molecule has 0 radical (unpaired) electrons. The molecule has 4 rings (SSSR count). The van der Waals surface area contributed by atoms with Crippen molar-refractivity contribution in [3.63, 3.8) is 0 Å². The second kappa shape index (κ2) is 10.0. The summed E-state index contributed by atoms with van der Waals surface area (Å²) in [6.07, 6.45) is 2.00. The van der Waals surface area contributed by atoms with Gasteiger partial charge in [0.15, 0.2) is 5.11 Å². The lowest BCUT2D eigenvalue weighted by atomic mass is 9.96. The Kier molecular flexibility index (Phi) is 7.09. The normalized spacial score (nSPS) is 17.6. The second-order valence-electron chi connectivity index (χ2n) is 8.12. The Balaban J connectivity index is 1.83. The number of rotatable bonds is 7. The van der Waals surface area contributed by atoms with Crippen LogP contribution in [0, 0.1) is 13.8 Å². The van der Waals surface area contributed by atoms with E-state index < -0.39 is 0 Å². The minimum Gasteiger partial charge on any atom is -0.495 e. The zero-order valence-corrected chi connectivity index (χ0v) is 21.1. The number of esters is 1. The molecule has 9 heteroatoms.